The van der Waals surface area contributed by atoms with Crippen molar-refractivity contribution in [3.63, 3.8) is 0 Å². The lowest BCUT2D eigenvalue weighted by Crippen LogP contribution is -2.11. The maximum atomic E-state index is 3.82. The van der Waals surface area contributed by atoms with E-state index < -0.39 is 0 Å². The van der Waals surface area contributed by atoms with Crippen LogP contribution in [-0.4, -0.2) is 0 Å². The highest BCUT2D eigenvalue weighted by molar-refractivity contribution is 5.85. The van der Waals surface area contributed by atoms with Crippen molar-refractivity contribution >= 4 is 10.8 Å². The minimum Gasteiger partial charge on any atom is -0.381 e. The van der Waals surface area contributed by atoms with Gasteiger partial charge in [0.05, 0.1) is 0 Å². The molecule has 2 aromatic carbocycles. The largest absolute Gasteiger partial charge is 0.381 e. The minimum absolute atomic E-state index is 0.833. The van der Waals surface area contributed by atoms with Gasteiger partial charge in [-0.2, -0.15) is 0 Å². The van der Waals surface area contributed by atoms with Crippen molar-refractivity contribution in [3.05, 3.63) is 72.5 Å². The molecule has 1 nitrogen and oxygen atoms in total. The van der Waals surface area contributed by atoms with E-state index in [4.69, 9.17) is 0 Å². The fourth-order valence-electron chi connectivity index (χ4n) is 2.09. The van der Waals surface area contributed by atoms with Crippen LogP contribution in [0.4, 0.5) is 0 Å². The first kappa shape index (κ1) is 12.4. The molecule has 0 fully saturated rings. The van der Waals surface area contributed by atoms with Crippen molar-refractivity contribution in [2.45, 2.75) is 19.9 Å². The number of benzene rings is 2. The van der Waals surface area contributed by atoms with Gasteiger partial charge in [-0.15, -0.1) is 0 Å². The monoisotopic (exact) mass is 237 g/mol. The highest BCUT2D eigenvalue weighted by Gasteiger charge is 1.99. The van der Waals surface area contributed by atoms with Crippen LogP contribution in [0.3, 0.4) is 0 Å². The highest BCUT2D eigenvalue weighted by atomic mass is 14.9. The lowest BCUT2D eigenvalue weighted by Gasteiger charge is -2.10. The zero-order valence-corrected chi connectivity index (χ0v) is 10.8. The van der Waals surface area contributed by atoms with E-state index in [0.29, 0.717) is 0 Å². The zero-order valence-electron chi connectivity index (χ0n) is 10.8. The molecule has 2 rings (SSSR count). The van der Waals surface area contributed by atoms with Gasteiger partial charge in [-0.3, -0.25) is 0 Å². The first-order chi connectivity index (χ1) is 8.85. The average Bonchev–Trinajstić information content (AvgIpc) is 2.43. The number of fused-ring (bicyclic) bond motifs is 1. The summed E-state index contributed by atoms with van der Waals surface area (Å²) in [6.07, 6.45) is 5.04. The summed E-state index contributed by atoms with van der Waals surface area (Å²) in [5.74, 6) is 0. The van der Waals surface area contributed by atoms with E-state index in [1.807, 2.05) is 6.08 Å². The van der Waals surface area contributed by atoms with Gasteiger partial charge in [0.2, 0.25) is 0 Å². The fraction of sp³-hybridized carbons (Fsp3) is 0.176. The standard InChI is InChI=1S/C17H19N/c1-3-8-16(4-2)18-13-15-11-7-10-14-9-5-6-12-17(14)15/h4-12,18H,2-3,13H2,1H3/b16-8+. The Morgan fingerprint density at radius 1 is 1.17 bits per heavy atom. The van der Waals surface area contributed by atoms with Crippen molar-refractivity contribution in [3.8, 4) is 0 Å². The molecule has 0 aliphatic heterocycles. The van der Waals surface area contributed by atoms with Crippen LogP contribution in [0, 0.1) is 0 Å². The lowest BCUT2D eigenvalue weighted by atomic mass is 10.0. The van der Waals surface area contributed by atoms with E-state index in [1.165, 1.54) is 16.3 Å². The Bertz CT molecular complexity index is 561. The zero-order chi connectivity index (χ0) is 12.8. The molecule has 2 aromatic rings. The number of nitrogens with one attached hydrogen (secondary N) is 1. The first-order valence-electron chi connectivity index (χ1n) is 6.38. The van der Waals surface area contributed by atoms with Gasteiger partial charge in [-0.05, 0) is 28.8 Å². The molecule has 0 saturated carbocycles. The van der Waals surface area contributed by atoms with Gasteiger partial charge in [0.25, 0.3) is 0 Å². The molecule has 1 N–H and O–H groups in total. The van der Waals surface area contributed by atoms with Crippen LogP contribution in [0.5, 0.6) is 0 Å². The summed E-state index contributed by atoms with van der Waals surface area (Å²) in [5, 5.41) is 6.02. The first-order valence-corrected chi connectivity index (χ1v) is 6.38. The molecule has 0 unspecified atom stereocenters. The number of rotatable bonds is 5. The topological polar surface area (TPSA) is 12.0 Å². The molecule has 0 amide bonds. The van der Waals surface area contributed by atoms with Crippen molar-refractivity contribution < 1.29 is 0 Å². The van der Waals surface area contributed by atoms with Crippen LogP contribution in [0.1, 0.15) is 18.9 Å². The summed E-state index contributed by atoms with van der Waals surface area (Å²) in [6, 6.07) is 14.9. The van der Waals surface area contributed by atoms with E-state index in [-0.39, 0.29) is 0 Å². The third-order valence-electron chi connectivity index (χ3n) is 3.01. The molecular weight excluding hydrogens is 218 g/mol. The Kier molecular flexibility index (Phi) is 4.19. The van der Waals surface area contributed by atoms with Gasteiger partial charge in [0, 0.05) is 12.2 Å². The smallest absolute Gasteiger partial charge is 0.0406 e. The number of allylic oxidation sites excluding steroid dienone is 2. The Morgan fingerprint density at radius 2 is 1.94 bits per heavy atom. The highest BCUT2D eigenvalue weighted by Crippen LogP contribution is 2.18. The second kappa shape index (κ2) is 6.06. The third-order valence-corrected chi connectivity index (χ3v) is 3.01. The van der Waals surface area contributed by atoms with Gasteiger partial charge in [-0.25, -0.2) is 0 Å². The second-order valence-electron chi connectivity index (χ2n) is 4.26. The van der Waals surface area contributed by atoms with Crippen molar-refractivity contribution in [2.24, 2.45) is 0 Å². The van der Waals surface area contributed by atoms with E-state index in [9.17, 15) is 0 Å². The van der Waals surface area contributed by atoms with Gasteiger partial charge in [-0.1, -0.05) is 62.0 Å². The third kappa shape index (κ3) is 2.80. The molecule has 0 heterocycles. The van der Waals surface area contributed by atoms with Crippen LogP contribution in [0.15, 0.2) is 66.9 Å². The van der Waals surface area contributed by atoms with Crippen molar-refractivity contribution in [1.82, 2.24) is 5.32 Å². The molecule has 1 heteroatoms. The summed E-state index contributed by atoms with van der Waals surface area (Å²) in [7, 11) is 0. The quantitative estimate of drug-likeness (QED) is 0.759. The number of hydrogen-bond acceptors (Lipinski definition) is 1. The van der Waals surface area contributed by atoms with Crippen LogP contribution < -0.4 is 5.32 Å². The van der Waals surface area contributed by atoms with Gasteiger partial charge >= 0.3 is 0 Å². The summed E-state index contributed by atoms with van der Waals surface area (Å²) in [4.78, 5) is 0. The van der Waals surface area contributed by atoms with E-state index >= 15 is 0 Å². The summed E-state index contributed by atoms with van der Waals surface area (Å²) < 4.78 is 0. The predicted octanol–water partition coefficient (Wildman–Crippen LogP) is 4.41. The molecule has 0 saturated heterocycles. The van der Waals surface area contributed by atoms with E-state index in [0.717, 1.165) is 18.7 Å². The van der Waals surface area contributed by atoms with Crippen molar-refractivity contribution in [1.29, 1.82) is 0 Å². The molecule has 0 bridgehead atoms. The van der Waals surface area contributed by atoms with Crippen molar-refractivity contribution in [2.75, 3.05) is 0 Å². The maximum Gasteiger partial charge on any atom is 0.0406 e. The Morgan fingerprint density at radius 3 is 2.72 bits per heavy atom. The van der Waals surface area contributed by atoms with Crippen LogP contribution in [-0.2, 0) is 6.54 Å². The molecular formula is C17H19N. The normalized spacial score (nSPS) is 11.5. The van der Waals surface area contributed by atoms with Crippen LogP contribution in [0.25, 0.3) is 10.8 Å². The van der Waals surface area contributed by atoms with Crippen LogP contribution >= 0.6 is 0 Å². The maximum absolute atomic E-state index is 3.82. The second-order valence-corrected chi connectivity index (χ2v) is 4.26. The van der Waals surface area contributed by atoms with Gasteiger partial charge < -0.3 is 5.32 Å². The molecule has 0 atom stereocenters. The molecule has 18 heavy (non-hydrogen) atoms. The van der Waals surface area contributed by atoms with Gasteiger partial charge in [0.1, 0.15) is 0 Å². The SMILES string of the molecule is C=C/C(=C\CC)NCc1cccc2ccccc12. The predicted molar refractivity (Wildman–Crippen MR) is 79.4 cm³/mol. The minimum atomic E-state index is 0.833. The average molecular weight is 237 g/mol. The Balaban J connectivity index is 2.22. The molecule has 0 spiro atoms. The molecule has 0 aliphatic carbocycles. The lowest BCUT2D eigenvalue weighted by molar-refractivity contribution is 0.833. The summed E-state index contributed by atoms with van der Waals surface area (Å²) in [6.45, 7) is 6.78. The van der Waals surface area contributed by atoms with E-state index in [1.54, 1.807) is 0 Å². The van der Waals surface area contributed by atoms with E-state index in [2.05, 4.69) is 67.4 Å². The summed E-state index contributed by atoms with van der Waals surface area (Å²) in [5.41, 5.74) is 2.42. The molecule has 0 aromatic heterocycles. The summed E-state index contributed by atoms with van der Waals surface area (Å²) >= 11 is 0. The molecule has 0 radical (unpaired) electrons. The molecule has 0 aliphatic rings. The Labute approximate surface area is 109 Å². The van der Waals surface area contributed by atoms with Gasteiger partial charge in [0.15, 0.2) is 0 Å². The number of hydrogen-bond donors (Lipinski definition) is 1. The fourth-order valence-corrected chi connectivity index (χ4v) is 2.09. The molecule has 92 valence electrons. The van der Waals surface area contributed by atoms with Crippen LogP contribution in [0.2, 0.25) is 0 Å². The Hall–Kier alpha value is -2.02.